The summed E-state index contributed by atoms with van der Waals surface area (Å²) in [5, 5.41) is 6.08. The van der Waals surface area contributed by atoms with Gasteiger partial charge in [0, 0.05) is 32.1 Å². The van der Waals surface area contributed by atoms with Gasteiger partial charge in [0.15, 0.2) is 0 Å². The van der Waals surface area contributed by atoms with Gasteiger partial charge in [0.2, 0.25) is 11.8 Å². The quantitative estimate of drug-likeness (QED) is 0.354. The van der Waals surface area contributed by atoms with Crippen molar-refractivity contribution in [3.05, 3.63) is 35.9 Å². The molecule has 0 aromatic heterocycles. The van der Waals surface area contributed by atoms with E-state index in [9.17, 15) is 19.2 Å². The molecule has 0 aliphatic rings. The molecule has 1 aromatic rings. The smallest absolute Gasteiger partial charge is 0.410 e. The molecule has 238 valence electrons. The van der Waals surface area contributed by atoms with Gasteiger partial charge >= 0.3 is 12.1 Å². The third-order valence-corrected chi connectivity index (χ3v) is 7.38. The molecular formula is C32H54N4O6. The molecule has 0 bridgehead atoms. The molecule has 0 aliphatic carbocycles. The van der Waals surface area contributed by atoms with E-state index in [0.717, 1.165) is 5.56 Å². The lowest BCUT2D eigenvalue weighted by molar-refractivity contribution is -0.142. The van der Waals surface area contributed by atoms with Crippen molar-refractivity contribution >= 4 is 23.9 Å². The maximum Gasteiger partial charge on any atom is 0.410 e. The third kappa shape index (κ3) is 10.3. The minimum absolute atomic E-state index is 0.0223. The second kappa shape index (κ2) is 14.8. The minimum atomic E-state index is -1.000. The monoisotopic (exact) mass is 590 g/mol. The molecule has 10 nitrogen and oxygen atoms in total. The van der Waals surface area contributed by atoms with E-state index >= 15 is 0 Å². The summed E-state index contributed by atoms with van der Waals surface area (Å²) < 4.78 is 10.3. The lowest BCUT2D eigenvalue weighted by Crippen LogP contribution is -2.63. The van der Waals surface area contributed by atoms with Gasteiger partial charge in [-0.05, 0) is 37.7 Å². The summed E-state index contributed by atoms with van der Waals surface area (Å²) in [6.45, 7) is 19.1. The SMILES string of the molecule is COC(=O)CNCC(C(C)C)N(C)C(=O)C(NC(=O)[C@@H](N(C)C(=O)OC(C)(C)C)C(C)(C)c1ccccc1)C(C)(C)C. The first kappa shape index (κ1) is 36.9. The Hall–Kier alpha value is -3.14. The van der Waals surface area contributed by atoms with Crippen molar-refractivity contribution < 1.29 is 28.7 Å². The van der Waals surface area contributed by atoms with Gasteiger partial charge in [-0.15, -0.1) is 0 Å². The Bertz CT molecular complexity index is 1060. The average molecular weight is 591 g/mol. The highest BCUT2D eigenvalue weighted by molar-refractivity contribution is 5.93. The number of carbonyl (C=O) groups excluding carboxylic acids is 4. The number of hydrogen-bond acceptors (Lipinski definition) is 7. The van der Waals surface area contributed by atoms with Crippen LogP contribution in [0.25, 0.3) is 0 Å². The van der Waals surface area contributed by atoms with E-state index in [1.54, 1.807) is 39.8 Å². The molecule has 1 rings (SSSR count). The number of nitrogens with zero attached hydrogens (tertiary/aromatic N) is 2. The van der Waals surface area contributed by atoms with Gasteiger partial charge in [0.25, 0.3) is 0 Å². The van der Waals surface area contributed by atoms with Gasteiger partial charge in [-0.2, -0.15) is 0 Å². The molecule has 0 heterocycles. The molecule has 0 aliphatic heterocycles. The zero-order valence-corrected chi connectivity index (χ0v) is 28.0. The topological polar surface area (TPSA) is 117 Å². The first-order valence-electron chi connectivity index (χ1n) is 14.5. The van der Waals surface area contributed by atoms with Crippen LogP contribution in [-0.4, -0.2) is 91.7 Å². The largest absolute Gasteiger partial charge is 0.468 e. The van der Waals surface area contributed by atoms with E-state index in [1.807, 2.05) is 78.8 Å². The Balaban J connectivity index is 3.45. The summed E-state index contributed by atoms with van der Waals surface area (Å²) >= 11 is 0. The van der Waals surface area contributed by atoms with E-state index < -0.39 is 46.5 Å². The normalized spacial score (nSPS) is 14.4. The van der Waals surface area contributed by atoms with Gasteiger partial charge in [0.05, 0.1) is 13.7 Å². The van der Waals surface area contributed by atoms with Crippen molar-refractivity contribution in [1.82, 2.24) is 20.4 Å². The number of methoxy groups -OCH3 is 1. The van der Waals surface area contributed by atoms with E-state index in [4.69, 9.17) is 9.47 Å². The third-order valence-electron chi connectivity index (χ3n) is 7.38. The number of nitrogens with one attached hydrogen (secondary N) is 2. The minimum Gasteiger partial charge on any atom is -0.468 e. The van der Waals surface area contributed by atoms with Crippen LogP contribution in [0.5, 0.6) is 0 Å². The zero-order chi connectivity index (χ0) is 32.6. The summed E-state index contributed by atoms with van der Waals surface area (Å²) in [5.41, 5.74) is -1.41. The average Bonchev–Trinajstić information content (AvgIpc) is 2.87. The summed E-state index contributed by atoms with van der Waals surface area (Å²) in [5.74, 6) is -1.08. The maximum atomic E-state index is 14.2. The number of hydrogen-bond donors (Lipinski definition) is 2. The standard InChI is InChI=1S/C32H54N4O6/c1-21(2)23(19-33-20-24(37)41-13)35(11)28(39)25(30(3,4)5)34-27(38)26(36(12)29(40)42-31(6,7)8)32(9,10)22-17-15-14-16-18-22/h14-18,21,23,25-26,33H,19-20H2,1-13H3,(H,34,38)/t23?,25?,26-/m1/s1. The van der Waals surface area contributed by atoms with Crippen LogP contribution < -0.4 is 10.6 Å². The highest BCUT2D eigenvalue weighted by Gasteiger charge is 2.45. The van der Waals surface area contributed by atoms with Crippen LogP contribution in [0.3, 0.4) is 0 Å². The second-order valence-corrected chi connectivity index (χ2v) is 13.9. The van der Waals surface area contributed by atoms with Crippen LogP contribution in [0.1, 0.15) is 74.8 Å². The molecule has 3 atom stereocenters. The highest BCUT2D eigenvalue weighted by Crippen LogP contribution is 2.32. The van der Waals surface area contributed by atoms with E-state index in [1.165, 1.54) is 12.0 Å². The Kier molecular flexibility index (Phi) is 13.0. The molecule has 1 aromatic carbocycles. The lowest BCUT2D eigenvalue weighted by atomic mass is 9.76. The second-order valence-electron chi connectivity index (χ2n) is 13.9. The maximum absolute atomic E-state index is 14.2. The first-order valence-corrected chi connectivity index (χ1v) is 14.5. The van der Waals surface area contributed by atoms with Crippen LogP contribution in [-0.2, 0) is 29.3 Å². The van der Waals surface area contributed by atoms with Crippen molar-refractivity contribution in [2.75, 3.05) is 34.3 Å². The van der Waals surface area contributed by atoms with Crippen molar-refractivity contribution in [2.45, 2.75) is 98.4 Å². The van der Waals surface area contributed by atoms with Gasteiger partial charge in [-0.3, -0.25) is 19.3 Å². The predicted molar refractivity (Wildman–Crippen MR) is 165 cm³/mol. The molecule has 2 N–H and O–H groups in total. The van der Waals surface area contributed by atoms with Gasteiger partial charge in [-0.25, -0.2) is 4.79 Å². The number of benzene rings is 1. The van der Waals surface area contributed by atoms with Crippen molar-refractivity contribution in [1.29, 1.82) is 0 Å². The van der Waals surface area contributed by atoms with E-state index in [-0.39, 0.29) is 24.4 Å². The van der Waals surface area contributed by atoms with Crippen LogP contribution in [0.2, 0.25) is 0 Å². The van der Waals surface area contributed by atoms with Crippen LogP contribution >= 0.6 is 0 Å². The molecule has 0 saturated carbocycles. The molecule has 10 heteroatoms. The van der Waals surface area contributed by atoms with E-state index in [2.05, 4.69) is 10.6 Å². The van der Waals surface area contributed by atoms with Crippen LogP contribution in [0.15, 0.2) is 30.3 Å². The summed E-state index contributed by atoms with van der Waals surface area (Å²) in [6, 6.07) is 7.33. The number of rotatable bonds is 12. The fourth-order valence-corrected chi connectivity index (χ4v) is 4.90. The Morgan fingerprint density at radius 3 is 1.88 bits per heavy atom. The van der Waals surface area contributed by atoms with Gasteiger partial charge in [0.1, 0.15) is 17.7 Å². The molecular weight excluding hydrogens is 536 g/mol. The molecule has 3 amide bonds. The fraction of sp³-hybridized carbons (Fsp3) is 0.688. The molecule has 0 fully saturated rings. The fourth-order valence-electron chi connectivity index (χ4n) is 4.90. The van der Waals surface area contributed by atoms with Crippen LogP contribution in [0, 0.1) is 11.3 Å². The highest BCUT2D eigenvalue weighted by atomic mass is 16.6. The van der Waals surface area contributed by atoms with Crippen LogP contribution in [0.4, 0.5) is 4.79 Å². The van der Waals surface area contributed by atoms with Crippen molar-refractivity contribution in [2.24, 2.45) is 11.3 Å². The molecule has 0 saturated heterocycles. The molecule has 42 heavy (non-hydrogen) atoms. The molecule has 2 unspecified atom stereocenters. The summed E-state index contributed by atoms with van der Waals surface area (Å²) in [4.78, 5) is 56.1. The number of ether oxygens (including phenoxy) is 2. The Morgan fingerprint density at radius 2 is 1.43 bits per heavy atom. The Labute approximate surface area is 252 Å². The lowest BCUT2D eigenvalue weighted by Gasteiger charge is -2.42. The summed E-state index contributed by atoms with van der Waals surface area (Å²) in [7, 11) is 4.57. The number of amides is 3. The first-order chi connectivity index (χ1) is 19.1. The predicted octanol–water partition coefficient (Wildman–Crippen LogP) is 3.98. The van der Waals surface area contributed by atoms with Gasteiger partial charge < -0.3 is 25.0 Å². The number of carbonyl (C=O) groups is 4. The summed E-state index contributed by atoms with van der Waals surface area (Å²) in [6.07, 6.45) is -0.640. The van der Waals surface area contributed by atoms with E-state index in [0.29, 0.717) is 6.54 Å². The number of likely N-dealkylation sites (N-methyl/N-ethyl adjacent to an activating group) is 2. The number of esters is 1. The van der Waals surface area contributed by atoms with Crippen molar-refractivity contribution in [3.8, 4) is 0 Å². The molecule has 0 spiro atoms. The van der Waals surface area contributed by atoms with Gasteiger partial charge in [-0.1, -0.05) is 78.8 Å². The van der Waals surface area contributed by atoms with Crippen molar-refractivity contribution in [3.63, 3.8) is 0 Å². The molecule has 0 radical (unpaired) electrons. The zero-order valence-electron chi connectivity index (χ0n) is 28.0. The Morgan fingerprint density at radius 1 is 0.881 bits per heavy atom.